The number of carbonyl (C=O) groups is 2. The fourth-order valence-corrected chi connectivity index (χ4v) is 6.61. The molecule has 0 unspecified atom stereocenters. The monoisotopic (exact) mass is 529 g/mol. The molecule has 3 aromatic rings. The molecule has 196 valence electrons. The highest BCUT2D eigenvalue weighted by Gasteiger charge is 2.38. The quantitative estimate of drug-likeness (QED) is 0.468. The molecule has 2 aliphatic heterocycles. The molecule has 1 fully saturated rings. The van der Waals surface area contributed by atoms with Crippen LogP contribution in [-0.4, -0.2) is 57.8 Å². The van der Waals surface area contributed by atoms with Crippen molar-refractivity contribution in [1.82, 2.24) is 19.8 Å². The molecule has 3 aliphatic rings. The predicted octanol–water partition coefficient (Wildman–Crippen LogP) is 5.13. The number of aryl methyl sites for hydroxylation is 3. The molecule has 7 nitrogen and oxygen atoms in total. The lowest BCUT2D eigenvalue weighted by Gasteiger charge is -2.37. The second-order valence-corrected chi connectivity index (χ2v) is 11.1. The summed E-state index contributed by atoms with van der Waals surface area (Å²) in [5.41, 5.74) is 5.55. The summed E-state index contributed by atoms with van der Waals surface area (Å²) < 4.78 is 0. The van der Waals surface area contributed by atoms with Gasteiger partial charge in [0, 0.05) is 50.0 Å². The van der Waals surface area contributed by atoms with Crippen LogP contribution < -0.4 is 4.90 Å². The molecule has 38 heavy (non-hydrogen) atoms. The Labute approximate surface area is 228 Å². The zero-order chi connectivity index (χ0) is 26.6. The summed E-state index contributed by atoms with van der Waals surface area (Å²) in [6.07, 6.45) is 3.54. The zero-order valence-corrected chi connectivity index (χ0v) is 22.8. The fraction of sp³-hybridized carbons (Fsp3) is 0.400. The number of rotatable bonds is 4. The number of anilines is 1. The highest BCUT2D eigenvalue weighted by atomic mass is 35.5. The number of halogens is 1. The van der Waals surface area contributed by atoms with Gasteiger partial charge in [0.15, 0.2) is 0 Å². The standard InChI is InChI=1S/C30H32ClN5O2/c1-18-15-27(33-19(2)32-18)35-13-11-23(12-14-35)34(3)29(37)21-8-7-20-9-10-26(24(20)16-21)36-17-22-5-4-6-25(31)28(22)30(36)38/h4-8,15-16,23,26H,9-14,17H2,1-3H3/t26-/m1/s1. The van der Waals surface area contributed by atoms with Crippen molar-refractivity contribution in [3.05, 3.63) is 86.8 Å². The smallest absolute Gasteiger partial charge is 0.256 e. The third kappa shape index (κ3) is 4.33. The summed E-state index contributed by atoms with van der Waals surface area (Å²) in [5.74, 6) is 1.77. The van der Waals surface area contributed by atoms with Gasteiger partial charge in [-0.15, -0.1) is 0 Å². The number of hydrogen-bond donors (Lipinski definition) is 0. The van der Waals surface area contributed by atoms with Crippen molar-refractivity contribution in [1.29, 1.82) is 0 Å². The first-order valence-corrected chi connectivity index (χ1v) is 13.7. The van der Waals surface area contributed by atoms with Gasteiger partial charge in [0.25, 0.3) is 11.8 Å². The van der Waals surface area contributed by atoms with Gasteiger partial charge >= 0.3 is 0 Å². The Bertz CT molecular complexity index is 1410. The highest BCUT2D eigenvalue weighted by Crippen LogP contribution is 2.42. The fourth-order valence-electron chi connectivity index (χ4n) is 6.34. The minimum Gasteiger partial charge on any atom is -0.356 e. The maximum Gasteiger partial charge on any atom is 0.256 e. The summed E-state index contributed by atoms with van der Waals surface area (Å²) in [4.78, 5) is 42.0. The van der Waals surface area contributed by atoms with E-state index >= 15 is 0 Å². The number of nitrogens with zero attached hydrogens (tertiary/aromatic N) is 5. The van der Waals surface area contributed by atoms with Gasteiger partial charge < -0.3 is 14.7 Å². The van der Waals surface area contributed by atoms with E-state index in [0.717, 1.165) is 67.2 Å². The lowest BCUT2D eigenvalue weighted by Crippen LogP contribution is -2.46. The Morgan fingerprint density at radius 1 is 1.03 bits per heavy atom. The normalized spacial score (nSPS) is 19.1. The van der Waals surface area contributed by atoms with Gasteiger partial charge in [-0.3, -0.25) is 9.59 Å². The SMILES string of the molecule is Cc1cc(N2CCC(N(C)C(=O)c3ccc4c(c3)[C@H](N3Cc5cccc(Cl)c5C3=O)CC4)CC2)nc(C)n1. The molecule has 0 bridgehead atoms. The molecular weight excluding hydrogens is 498 g/mol. The van der Waals surface area contributed by atoms with Crippen LogP contribution in [0.3, 0.4) is 0 Å². The molecule has 1 saturated heterocycles. The van der Waals surface area contributed by atoms with Crippen molar-refractivity contribution < 1.29 is 9.59 Å². The second kappa shape index (κ2) is 9.70. The summed E-state index contributed by atoms with van der Waals surface area (Å²) in [5, 5.41) is 0.509. The summed E-state index contributed by atoms with van der Waals surface area (Å²) in [6.45, 7) is 6.17. The third-order valence-corrected chi connectivity index (χ3v) is 8.65. The Morgan fingerprint density at radius 2 is 1.82 bits per heavy atom. The van der Waals surface area contributed by atoms with Crippen LogP contribution in [-0.2, 0) is 13.0 Å². The first-order valence-electron chi connectivity index (χ1n) is 13.4. The Balaban J connectivity index is 1.16. The van der Waals surface area contributed by atoms with Gasteiger partial charge in [-0.1, -0.05) is 29.8 Å². The van der Waals surface area contributed by atoms with E-state index in [1.54, 1.807) is 6.07 Å². The highest BCUT2D eigenvalue weighted by molar-refractivity contribution is 6.34. The lowest BCUT2D eigenvalue weighted by molar-refractivity contribution is 0.0701. The first kappa shape index (κ1) is 24.9. The van der Waals surface area contributed by atoms with Crippen LogP contribution in [0.5, 0.6) is 0 Å². The Hall–Kier alpha value is -3.45. The molecule has 1 aliphatic carbocycles. The third-order valence-electron chi connectivity index (χ3n) is 8.34. The number of piperidine rings is 1. The van der Waals surface area contributed by atoms with Crippen molar-refractivity contribution in [2.24, 2.45) is 0 Å². The average molecular weight is 530 g/mol. The molecule has 1 atom stereocenters. The largest absolute Gasteiger partial charge is 0.356 e. The molecule has 3 heterocycles. The number of amides is 2. The van der Waals surface area contributed by atoms with Gasteiger partial charge in [-0.05, 0) is 74.4 Å². The van der Waals surface area contributed by atoms with Crippen LogP contribution in [0.2, 0.25) is 5.02 Å². The average Bonchev–Trinajstić information content (AvgIpc) is 3.48. The molecule has 8 heteroatoms. The van der Waals surface area contributed by atoms with E-state index < -0.39 is 0 Å². The van der Waals surface area contributed by atoms with Crippen LogP contribution in [0.15, 0.2) is 42.5 Å². The van der Waals surface area contributed by atoms with Crippen LogP contribution in [0, 0.1) is 13.8 Å². The number of aromatic nitrogens is 2. The lowest BCUT2D eigenvalue weighted by atomic mass is 10.00. The molecule has 2 aromatic carbocycles. The maximum absolute atomic E-state index is 13.6. The minimum absolute atomic E-state index is 0.0156. The minimum atomic E-state index is -0.0398. The van der Waals surface area contributed by atoms with Gasteiger partial charge in [-0.25, -0.2) is 9.97 Å². The van der Waals surface area contributed by atoms with Gasteiger partial charge in [0.05, 0.1) is 16.6 Å². The van der Waals surface area contributed by atoms with E-state index in [1.807, 2.05) is 61.0 Å². The maximum atomic E-state index is 13.6. The van der Waals surface area contributed by atoms with Gasteiger partial charge in [-0.2, -0.15) is 0 Å². The van der Waals surface area contributed by atoms with E-state index in [0.29, 0.717) is 22.7 Å². The topological polar surface area (TPSA) is 69.6 Å². The molecule has 0 radical (unpaired) electrons. The van der Waals surface area contributed by atoms with E-state index in [4.69, 9.17) is 11.6 Å². The van der Waals surface area contributed by atoms with Crippen LogP contribution in [0.25, 0.3) is 0 Å². The molecule has 0 N–H and O–H groups in total. The van der Waals surface area contributed by atoms with Crippen LogP contribution in [0.1, 0.15) is 74.2 Å². The summed E-state index contributed by atoms with van der Waals surface area (Å²) >= 11 is 6.36. The Kier molecular flexibility index (Phi) is 6.34. The number of hydrogen-bond acceptors (Lipinski definition) is 5. The van der Waals surface area contributed by atoms with Crippen molar-refractivity contribution in [3.8, 4) is 0 Å². The van der Waals surface area contributed by atoms with E-state index in [9.17, 15) is 9.59 Å². The van der Waals surface area contributed by atoms with Crippen molar-refractivity contribution >= 4 is 29.2 Å². The van der Waals surface area contributed by atoms with Crippen LogP contribution >= 0.6 is 11.6 Å². The van der Waals surface area contributed by atoms with Gasteiger partial charge in [0.1, 0.15) is 11.6 Å². The zero-order valence-electron chi connectivity index (χ0n) is 22.1. The predicted molar refractivity (Wildman–Crippen MR) is 148 cm³/mol. The number of fused-ring (bicyclic) bond motifs is 2. The Morgan fingerprint density at radius 3 is 2.55 bits per heavy atom. The molecule has 6 rings (SSSR count). The summed E-state index contributed by atoms with van der Waals surface area (Å²) in [6, 6.07) is 13.8. The van der Waals surface area contributed by atoms with E-state index in [1.165, 1.54) is 5.56 Å². The van der Waals surface area contributed by atoms with E-state index in [-0.39, 0.29) is 23.9 Å². The molecule has 1 aromatic heterocycles. The van der Waals surface area contributed by atoms with Gasteiger partial charge in [0.2, 0.25) is 0 Å². The van der Waals surface area contributed by atoms with Crippen molar-refractivity contribution in [2.75, 3.05) is 25.0 Å². The van der Waals surface area contributed by atoms with Crippen molar-refractivity contribution in [3.63, 3.8) is 0 Å². The molecule has 2 amide bonds. The van der Waals surface area contributed by atoms with E-state index in [2.05, 4.69) is 20.9 Å². The first-order chi connectivity index (χ1) is 18.3. The summed E-state index contributed by atoms with van der Waals surface area (Å²) in [7, 11) is 1.91. The molecular formula is C30H32ClN5O2. The molecule has 0 spiro atoms. The van der Waals surface area contributed by atoms with Crippen LogP contribution in [0.4, 0.5) is 5.82 Å². The van der Waals surface area contributed by atoms with Crippen molar-refractivity contribution in [2.45, 2.75) is 58.2 Å². The number of carbonyl (C=O) groups excluding carboxylic acids is 2. The second-order valence-electron chi connectivity index (χ2n) is 10.7. The molecule has 0 saturated carbocycles. The number of benzene rings is 2.